The quantitative estimate of drug-likeness (QED) is 0.346. The van der Waals surface area contributed by atoms with Crippen molar-refractivity contribution < 1.29 is 24.9 Å². The van der Waals surface area contributed by atoms with Gasteiger partial charge in [0.2, 0.25) is 0 Å². The Hall–Kier alpha value is -2.95. The molecule has 2 aromatic rings. The number of carbonyl (C=O) groups excluding carboxylic acids is 1. The van der Waals surface area contributed by atoms with Gasteiger partial charge >= 0.3 is 5.97 Å². The van der Waals surface area contributed by atoms with Crippen molar-refractivity contribution in [3.63, 3.8) is 0 Å². The SMILES string of the molecule is O=C(C=Cc1ccc(O)c(O)c1)Oc1ccc(O)cc1. The third-order valence-corrected chi connectivity index (χ3v) is 2.47. The van der Waals surface area contributed by atoms with Crippen LogP contribution in [0.2, 0.25) is 0 Å². The number of aromatic hydroxyl groups is 3. The maximum Gasteiger partial charge on any atom is 0.336 e. The highest BCUT2D eigenvalue weighted by Crippen LogP contribution is 2.25. The molecule has 0 aliphatic carbocycles. The number of rotatable bonds is 3. The molecule has 0 amide bonds. The molecule has 0 radical (unpaired) electrons. The van der Waals surface area contributed by atoms with Crippen LogP contribution in [0.4, 0.5) is 0 Å². The third kappa shape index (κ3) is 3.52. The molecule has 0 aromatic heterocycles. The van der Waals surface area contributed by atoms with Crippen LogP contribution in [0.3, 0.4) is 0 Å². The first-order valence-corrected chi connectivity index (χ1v) is 5.75. The zero-order valence-electron chi connectivity index (χ0n) is 10.4. The molecule has 0 bridgehead atoms. The minimum atomic E-state index is -0.594. The lowest BCUT2D eigenvalue weighted by molar-refractivity contribution is -0.128. The average Bonchev–Trinajstić information content (AvgIpc) is 2.43. The van der Waals surface area contributed by atoms with E-state index in [1.165, 1.54) is 48.6 Å². The Morgan fingerprint density at radius 2 is 1.65 bits per heavy atom. The number of phenols is 3. The molecule has 0 aliphatic rings. The number of esters is 1. The second kappa shape index (κ2) is 5.79. The molecule has 0 heterocycles. The summed E-state index contributed by atoms with van der Waals surface area (Å²) in [4.78, 5) is 11.5. The Morgan fingerprint density at radius 3 is 2.30 bits per heavy atom. The summed E-state index contributed by atoms with van der Waals surface area (Å²) in [5.41, 5.74) is 0.544. The van der Waals surface area contributed by atoms with Crippen molar-refractivity contribution in [2.45, 2.75) is 0 Å². The average molecular weight is 272 g/mol. The van der Waals surface area contributed by atoms with Crippen LogP contribution in [0, 0.1) is 0 Å². The second-order valence-corrected chi connectivity index (χ2v) is 4.00. The molecular weight excluding hydrogens is 260 g/mol. The van der Waals surface area contributed by atoms with Crippen LogP contribution >= 0.6 is 0 Å². The molecular formula is C15H12O5. The van der Waals surface area contributed by atoms with Crippen LogP contribution in [0.15, 0.2) is 48.5 Å². The zero-order chi connectivity index (χ0) is 14.5. The number of benzene rings is 2. The predicted octanol–water partition coefficient (Wildman–Crippen LogP) is 2.42. The first-order valence-electron chi connectivity index (χ1n) is 5.75. The summed E-state index contributed by atoms with van der Waals surface area (Å²) in [6, 6.07) is 9.93. The van der Waals surface area contributed by atoms with Crippen molar-refractivity contribution in [3.05, 3.63) is 54.1 Å². The fourth-order valence-electron chi connectivity index (χ4n) is 1.47. The van der Waals surface area contributed by atoms with E-state index in [0.717, 1.165) is 0 Å². The van der Waals surface area contributed by atoms with Gasteiger partial charge in [-0.2, -0.15) is 0 Å². The maximum atomic E-state index is 11.5. The number of phenolic OH excluding ortho intramolecular Hbond substituents is 3. The largest absolute Gasteiger partial charge is 0.508 e. The molecule has 3 N–H and O–H groups in total. The summed E-state index contributed by atoms with van der Waals surface area (Å²) in [5.74, 6) is -0.693. The van der Waals surface area contributed by atoms with Crippen LogP contribution in [0.25, 0.3) is 6.08 Å². The summed E-state index contributed by atoms with van der Waals surface area (Å²) in [5, 5.41) is 27.5. The van der Waals surface area contributed by atoms with Crippen LogP contribution < -0.4 is 4.74 Å². The van der Waals surface area contributed by atoms with Crippen molar-refractivity contribution in [2.24, 2.45) is 0 Å². The van der Waals surface area contributed by atoms with Gasteiger partial charge in [-0.3, -0.25) is 0 Å². The Labute approximate surface area is 115 Å². The van der Waals surface area contributed by atoms with Gasteiger partial charge in [-0.15, -0.1) is 0 Å². The third-order valence-electron chi connectivity index (χ3n) is 2.47. The normalized spacial score (nSPS) is 10.6. The Morgan fingerprint density at radius 1 is 0.950 bits per heavy atom. The monoisotopic (exact) mass is 272 g/mol. The fourth-order valence-corrected chi connectivity index (χ4v) is 1.47. The first-order chi connectivity index (χ1) is 9.54. The van der Waals surface area contributed by atoms with Gasteiger partial charge in [0.15, 0.2) is 11.5 Å². The molecule has 0 saturated carbocycles. The van der Waals surface area contributed by atoms with Gasteiger partial charge in [-0.25, -0.2) is 4.79 Å². The van der Waals surface area contributed by atoms with Gasteiger partial charge in [0, 0.05) is 6.08 Å². The molecule has 20 heavy (non-hydrogen) atoms. The van der Waals surface area contributed by atoms with E-state index in [-0.39, 0.29) is 17.2 Å². The molecule has 0 spiro atoms. The molecule has 0 unspecified atom stereocenters. The van der Waals surface area contributed by atoms with E-state index in [1.807, 2.05) is 0 Å². The highest BCUT2D eigenvalue weighted by atomic mass is 16.5. The van der Waals surface area contributed by atoms with Crippen molar-refractivity contribution >= 4 is 12.0 Å². The van der Waals surface area contributed by atoms with E-state index in [9.17, 15) is 9.90 Å². The highest BCUT2D eigenvalue weighted by Gasteiger charge is 2.02. The fraction of sp³-hybridized carbons (Fsp3) is 0. The second-order valence-electron chi connectivity index (χ2n) is 4.00. The Kier molecular flexibility index (Phi) is 3.91. The molecule has 0 atom stereocenters. The summed E-state index contributed by atoms with van der Waals surface area (Å²) >= 11 is 0. The molecule has 102 valence electrons. The van der Waals surface area contributed by atoms with E-state index in [1.54, 1.807) is 6.07 Å². The van der Waals surface area contributed by atoms with E-state index < -0.39 is 5.97 Å². The first kappa shape index (κ1) is 13.5. The van der Waals surface area contributed by atoms with Crippen LogP contribution in [0.1, 0.15) is 5.56 Å². The van der Waals surface area contributed by atoms with Gasteiger partial charge < -0.3 is 20.1 Å². The number of hydrogen-bond donors (Lipinski definition) is 3. The zero-order valence-corrected chi connectivity index (χ0v) is 10.4. The van der Waals surface area contributed by atoms with E-state index >= 15 is 0 Å². The predicted molar refractivity (Wildman–Crippen MR) is 72.5 cm³/mol. The minimum absolute atomic E-state index is 0.0832. The topological polar surface area (TPSA) is 87.0 Å². The summed E-state index contributed by atoms with van der Waals surface area (Å²) in [6.07, 6.45) is 2.64. The van der Waals surface area contributed by atoms with Crippen LogP contribution in [-0.2, 0) is 4.79 Å². The van der Waals surface area contributed by atoms with Gasteiger partial charge in [0.25, 0.3) is 0 Å². The van der Waals surface area contributed by atoms with Crippen molar-refractivity contribution in [3.8, 4) is 23.0 Å². The standard InChI is InChI=1S/C15H12O5/c16-11-3-5-12(6-4-11)20-15(19)8-2-10-1-7-13(17)14(18)9-10/h1-9,16-18H. The molecule has 0 fully saturated rings. The molecule has 5 heteroatoms. The number of ether oxygens (including phenoxy) is 1. The van der Waals surface area contributed by atoms with E-state index in [4.69, 9.17) is 14.9 Å². The Balaban J connectivity index is 2.01. The molecule has 0 saturated heterocycles. The van der Waals surface area contributed by atoms with Crippen LogP contribution in [0.5, 0.6) is 23.0 Å². The van der Waals surface area contributed by atoms with Crippen molar-refractivity contribution in [1.82, 2.24) is 0 Å². The molecule has 2 aromatic carbocycles. The highest BCUT2D eigenvalue weighted by molar-refractivity contribution is 5.88. The minimum Gasteiger partial charge on any atom is -0.508 e. The maximum absolute atomic E-state index is 11.5. The Bertz CT molecular complexity index is 644. The van der Waals surface area contributed by atoms with E-state index in [0.29, 0.717) is 11.3 Å². The molecule has 5 nitrogen and oxygen atoms in total. The van der Waals surface area contributed by atoms with Gasteiger partial charge in [0.05, 0.1) is 0 Å². The molecule has 0 aliphatic heterocycles. The lowest BCUT2D eigenvalue weighted by Gasteiger charge is -2.01. The van der Waals surface area contributed by atoms with Gasteiger partial charge in [0.1, 0.15) is 11.5 Å². The van der Waals surface area contributed by atoms with Crippen molar-refractivity contribution in [1.29, 1.82) is 0 Å². The molecule has 2 rings (SSSR count). The number of carbonyl (C=O) groups is 1. The lowest BCUT2D eigenvalue weighted by Crippen LogP contribution is -2.03. The summed E-state index contributed by atoms with van der Waals surface area (Å²) in [6.45, 7) is 0. The number of hydrogen-bond acceptors (Lipinski definition) is 5. The summed E-state index contributed by atoms with van der Waals surface area (Å²) < 4.78 is 5.00. The summed E-state index contributed by atoms with van der Waals surface area (Å²) in [7, 11) is 0. The van der Waals surface area contributed by atoms with Gasteiger partial charge in [-0.05, 0) is 48.0 Å². The van der Waals surface area contributed by atoms with Crippen LogP contribution in [-0.4, -0.2) is 21.3 Å². The smallest absolute Gasteiger partial charge is 0.336 e. The van der Waals surface area contributed by atoms with Gasteiger partial charge in [-0.1, -0.05) is 6.07 Å². The lowest BCUT2D eigenvalue weighted by atomic mass is 10.2. The van der Waals surface area contributed by atoms with E-state index in [2.05, 4.69) is 0 Å². The van der Waals surface area contributed by atoms with Crippen molar-refractivity contribution in [2.75, 3.05) is 0 Å².